The van der Waals surface area contributed by atoms with Gasteiger partial charge in [-0.2, -0.15) is 5.10 Å². The van der Waals surface area contributed by atoms with Crippen LogP contribution in [0, 0.1) is 0 Å². The maximum absolute atomic E-state index is 12.7. The van der Waals surface area contributed by atoms with E-state index in [2.05, 4.69) is 10.5 Å². The van der Waals surface area contributed by atoms with E-state index in [1.807, 2.05) is 36.4 Å². The summed E-state index contributed by atoms with van der Waals surface area (Å²) in [7, 11) is 0. The van der Waals surface area contributed by atoms with Crippen LogP contribution in [0.3, 0.4) is 0 Å². The van der Waals surface area contributed by atoms with Gasteiger partial charge in [0.1, 0.15) is 11.5 Å². The van der Waals surface area contributed by atoms with Crippen molar-refractivity contribution in [3.8, 4) is 11.5 Å². The van der Waals surface area contributed by atoms with Gasteiger partial charge in [-0.05, 0) is 71.8 Å². The summed E-state index contributed by atoms with van der Waals surface area (Å²) < 4.78 is 11.1. The average molecular weight is 507 g/mol. The normalized spacial score (nSPS) is 11.9. The third-order valence-electron chi connectivity index (χ3n) is 5.06. The number of hydrogen-bond acceptors (Lipinski definition) is 5. The van der Waals surface area contributed by atoms with Crippen molar-refractivity contribution in [3.63, 3.8) is 0 Å². The van der Waals surface area contributed by atoms with Crippen LogP contribution in [0.4, 0.5) is 0 Å². The second kappa shape index (κ2) is 11.0. The van der Waals surface area contributed by atoms with Gasteiger partial charge in [-0.3, -0.25) is 4.79 Å². The molecule has 0 radical (unpaired) electrons. The predicted molar refractivity (Wildman–Crippen MR) is 138 cm³/mol. The smallest absolute Gasteiger partial charge is 0.344 e. The maximum Gasteiger partial charge on any atom is 0.344 e. The number of nitrogens with zero attached hydrogens (tertiary/aromatic N) is 1. The Labute approximate surface area is 212 Å². The molecule has 1 N–H and O–H groups in total. The van der Waals surface area contributed by atoms with E-state index in [0.29, 0.717) is 32.7 Å². The Balaban J connectivity index is 1.32. The molecule has 0 unspecified atom stereocenters. The number of rotatable bonds is 7. The second-order valence-electron chi connectivity index (χ2n) is 7.55. The standard InChI is InChI=1S/C27H20Cl2N2O4/c1-17(34-25-14-11-20(28)15-24(25)29)26(32)31-30-16-18-9-12-21(13-10-18)35-27(33)23-8-4-6-19-5-2-3-7-22(19)23/h2-17H,1H3,(H,31,32)/b30-16-/t17-/m0/s1. The topological polar surface area (TPSA) is 77.0 Å². The van der Waals surface area contributed by atoms with E-state index in [1.165, 1.54) is 12.3 Å². The Morgan fingerprint density at radius 2 is 1.69 bits per heavy atom. The number of benzene rings is 4. The van der Waals surface area contributed by atoms with E-state index >= 15 is 0 Å². The zero-order valence-corrected chi connectivity index (χ0v) is 20.1. The van der Waals surface area contributed by atoms with Gasteiger partial charge < -0.3 is 9.47 Å². The minimum Gasteiger partial charge on any atom is -0.479 e. The first-order valence-electron chi connectivity index (χ1n) is 10.7. The van der Waals surface area contributed by atoms with Crippen LogP contribution < -0.4 is 14.9 Å². The lowest BCUT2D eigenvalue weighted by Gasteiger charge is -2.14. The minimum atomic E-state index is -0.832. The van der Waals surface area contributed by atoms with Crippen LogP contribution in [-0.2, 0) is 4.79 Å². The van der Waals surface area contributed by atoms with Crippen LogP contribution in [0.15, 0.2) is 90.0 Å². The molecule has 0 aliphatic rings. The third kappa shape index (κ3) is 6.18. The number of esters is 1. The largest absolute Gasteiger partial charge is 0.479 e. The Kier molecular flexibility index (Phi) is 7.65. The zero-order chi connectivity index (χ0) is 24.8. The number of fused-ring (bicyclic) bond motifs is 1. The highest BCUT2D eigenvalue weighted by Gasteiger charge is 2.16. The number of hydrazone groups is 1. The maximum atomic E-state index is 12.7. The summed E-state index contributed by atoms with van der Waals surface area (Å²) in [5.41, 5.74) is 3.61. The van der Waals surface area contributed by atoms with Gasteiger partial charge >= 0.3 is 5.97 Å². The van der Waals surface area contributed by atoms with Gasteiger partial charge in [-0.1, -0.05) is 59.6 Å². The Hall–Kier alpha value is -3.87. The average Bonchev–Trinajstić information content (AvgIpc) is 2.86. The van der Waals surface area contributed by atoms with Crippen molar-refractivity contribution in [1.29, 1.82) is 0 Å². The Morgan fingerprint density at radius 3 is 2.46 bits per heavy atom. The molecule has 0 heterocycles. The van der Waals surface area contributed by atoms with Gasteiger partial charge in [0.25, 0.3) is 5.91 Å². The van der Waals surface area contributed by atoms with Gasteiger partial charge in [0.15, 0.2) is 6.10 Å². The van der Waals surface area contributed by atoms with E-state index in [-0.39, 0.29) is 0 Å². The van der Waals surface area contributed by atoms with Gasteiger partial charge in [-0.25, -0.2) is 10.2 Å². The number of ether oxygens (including phenoxy) is 2. The van der Waals surface area contributed by atoms with Crippen LogP contribution in [0.25, 0.3) is 10.8 Å². The molecule has 0 aromatic heterocycles. The molecule has 8 heteroatoms. The molecule has 0 aliphatic heterocycles. The van der Waals surface area contributed by atoms with Gasteiger partial charge in [-0.15, -0.1) is 0 Å². The van der Waals surface area contributed by atoms with E-state index < -0.39 is 18.0 Å². The number of amides is 1. The number of hydrogen-bond donors (Lipinski definition) is 1. The van der Waals surface area contributed by atoms with Crippen molar-refractivity contribution in [2.75, 3.05) is 0 Å². The highest BCUT2D eigenvalue weighted by molar-refractivity contribution is 6.35. The predicted octanol–water partition coefficient (Wildman–Crippen LogP) is 6.28. The summed E-state index contributed by atoms with van der Waals surface area (Å²) in [5, 5.41) is 6.52. The Morgan fingerprint density at radius 1 is 0.943 bits per heavy atom. The lowest BCUT2D eigenvalue weighted by molar-refractivity contribution is -0.127. The van der Waals surface area contributed by atoms with E-state index in [9.17, 15) is 9.59 Å². The summed E-state index contributed by atoms with van der Waals surface area (Å²) >= 11 is 11.9. The molecular formula is C27H20Cl2N2O4. The minimum absolute atomic E-state index is 0.307. The molecule has 0 spiro atoms. The first-order chi connectivity index (χ1) is 16.9. The van der Waals surface area contributed by atoms with Crippen molar-refractivity contribution in [3.05, 3.63) is 106 Å². The molecule has 4 aromatic carbocycles. The molecule has 0 saturated carbocycles. The molecule has 176 valence electrons. The van der Waals surface area contributed by atoms with Crippen LogP contribution >= 0.6 is 23.2 Å². The summed E-state index contributed by atoms with van der Waals surface area (Å²) in [6, 6.07) is 24.6. The highest BCUT2D eigenvalue weighted by Crippen LogP contribution is 2.28. The fourth-order valence-electron chi connectivity index (χ4n) is 3.26. The number of carbonyl (C=O) groups excluding carboxylic acids is 2. The molecular weight excluding hydrogens is 487 g/mol. The summed E-state index contributed by atoms with van der Waals surface area (Å²) in [6.45, 7) is 1.58. The second-order valence-corrected chi connectivity index (χ2v) is 8.40. The van der Waals surface area contributed by atoms with Crippen LogP contribution in [-0.4, -0.2) is 24.2 Å². The number of carbonyl (C=O) groups is 2. The fraction of sp³-hybridized carbons (Fsp3) is 0.0741. The third-order valence-corrected chi connectivity index (χ3v) is 5.59. The van der Waals surface area contributed by atoms with Crippen molar-refractivity contribution >= 4 is 52.1 Å². The van der Waals surface area contributed by atoms with Gasteiger partial charge in [0.2, 0.25) is 0 Å². The summed E-state index contributed by atoms with van der Waals surface area (Å²) in [6.07, 6.45) is 0.637. The molecule has 4 aromatic rings. The molecule has 35 heavy (non-hydrogen) atoms. The molecule has 1 atom stereocenters. The number of halogens is 2. The monoisotopic (exact) mass is 506 g/mol. The first-order valence-corrected chi connectivity index (χ1v) is 11.4. The van der Waals surface area contributed by atoms with Crippen LogP contribution in [0.5, 0.6) is 11.5 Å². The van der Waals surface area contributed by atoms with E-state index in [4.69, 9.17) is 32.7 Å². The van der Waals surface area contributed by atoms with E-state index in [0.717, 1.165) is 10.8 Å². The molecule has 0 saturated heterocycles. The number of nitrogens with one attached hydrogen (secondary N) is 1. The summed E-state index contributed by atoms with van der Waals surface area (Å²) in [4.78, 5) is 24.9. The van der Waals surface area contributed by atoms with Crippen LogP contribution in [0.2, 0.25) is 10.0 Å². The van der Waals surface area contributed by atoms with Crippen molar-refractivity contribution < 1.29 is 19.1 Å². The van der Waals surface area contributed by atoms with Crippen molar-refractivity contribution in [2.45, 2.75) is 13.0 Å². The summed E-state index contributed by atoms with van der Waals surface area (Å²) in [5.74, 6) is -0.152. The molecule has 0 aliphatic carbocycles. The van der Waals surface area contributed by atoms with Crippen LogP contribution in [0.1, 0.15) is 22.8 Å². The van der Waals surface area contributed by atoms with Crippen molar-refractivity contribution in [1.82, 2.24) is 5.43 Å². The fourth-order valence-corrected chi connectivity index (χ4v) is 3.72. The Bertz CT molecular complexity index is 1400. The lowest BCUT2D eigenvalue weighted by atomic mass is 10.0. The molecule has 1 amide bonds. The molecule has 6 nitrogen and oxygen atoms in total. The molecule has 0 bridgehead atoms. The molecule has 0 fully saturated rings. The SMILES string of the molecule is C[C@H](Oc1ccc(Cl)cc1Cl)C(=O)N/N=C\c1ccc(OC(=O)c2cccc3ccccc23)cc1. The van der Waals surface area contributed by atoms with E-state index in [1.54, 1.807) is 49.4 Å². The highest BCUT2D eigenvalue weighted by atomic mass is 35.5. The quantitative estimate of drug-likeness (QED) is 0.138. The lowest BCUT2D eigenvalue weighted by Crippen LogP contribution is -2.33. The van der Waals surface area contributed by atoms with Crippen molar-refractivity contribution in [2.24, 2.45) is 5.10 Å². The van der Waals surface area contributed by atoms with Gasteiger partial charge in [0.05, 0.1) is 16.8 Å². The first kappa shape index (κ1) is 24.3. The molecule has 4 rings (SSSR count). The van der Waals surface area contributed by atoms with Gasteiger partial charge in [0, 0.05) is 5.02 Å². The zero-order valence-electron chi connectivity index (χ0n) is 18.6.